The summed E-state index contributed by atoms with van der Waals surface area (Å²) in [7, 11) is 0. The molecule has 1 aromatic carbocycles. The second-order valence-electron chi connectivity index (χ2n) is 6.34. The SMILES string of the molecule is O=C(NCC(c1ccccc1)N1CCOCC1)c1cc(-c2cccs2)on1. The number of amides is 1. The molecule has 2 aromatic heterocycles. The van der Waals surface area contributed by atoms with Crippen LogP contribution in [0.5, 0.6) is 0 Å². The zero-order chi connectivity index (χ0) is 18.5. The highest BCUT2D eigenvalue weighted by Crippen LogP contribution is 2.25. The van der Waals surface area contributed by atoms with Crippen LogP contribution < -0.4 is 5.32 Å². The first-order valence-corrected chi connectivity index (χ1v) is 9.85. The number of thiophene rings is 1. The molecule has 1 saturated heterocycles. The molecule has 27 heavy (non-hydrogen) atoms. The second-order valence-corrected chi connectivity index (χ2v) is 7.29. The molecule has 3 heterocycles. The Kier molecular flexibility index (Phi) is 5.62. The van der Waals surface area contributed by atoms with E-state index in [1.807, 2.05) is 35.7 Å². The van der Waals surface area contributed by atoms with E-state index in [2.05, 4.69) is 27.5 Å². The summed E-state index contributed by atoms with van der Waals surface area (Å²) in [5.41, 5.74) is 1.48. The summed E-state index contributed by atoms with van der Waals surface area (Å²) in [4.78, 5) is 15.9. The van der Waals surface area contributed by atoms with Gasteiger partial charge in [0.1, 0.15) is 0 Å². The maximum atomic E-state index is 12.6. The number of rotatable bonds is 6. The van der Waals surface area contributed by atoms with Crippen molar-refractivity contribution in [3.05, 3.63) is 65.2 Å². The third kappa shape index (κ3) is 4.27. The number of hydrogen-bond donors (Lipinski definition) is 1. The molecule has 0 saturated carbocycles. The zero-order valence-electron chi connectivity index (χ0n) is 14.8. The van der Waals surface area contributed by atoms with Gasteiger partial charge in [-0.15, -0.1) is 11.3 Å². The van der Waals surface area contributed by atoms with E-state index in [1.165, 1.54) is 5.56 Å². The van der Waals surface area contributed by atoms with Crippen molar-refractivity contribution in [1.82, 2.24) is 15.4 Å². The monoisotopic (exact) mass is 383 g/mol. The average molecular weight is 383 g/mol. The third-order valence-corrected chi connectivity index (χ3v) is 5.52. The van der Waals surface area contributed by atoms with E-state index < -0.39 is 0 Å². The van der Waals surface area contributed by atoms with Gasteiger partial charge < -0.3 is 14.6 Å². The van der Waals surface area contributed by atoms with E-state index in [9.17, 15) is 4.79 Å². The first-order chi connectivity index (χ1) is 13.3. The van der Waals surface area contributed by atoms with Crippen molar-refractivity contribution in [2.24, 2.45) is 0 Å². The van der Waals surface area contributed by atoms with Crippen LogP contribution in [0.4, 0.5) is 0 Å². The number of ether oxygens (including phenoxy) is 1. The van der Waals surface area contributed by atoms with Gasteiger partial charge >= 0.3 is 0 Å². The summed E-state index contributed by atoms with van der Waals surface area (Å²) in [6.45, 7) is 3.63. The number of carbonyl (C=O) groups excluding carboxylic acids is 1. The molecule has 1 aliphatic heterocycles. The summed E-state index contributed by atoms with van der Waals surface area (Å²) >= 11 is 1.55. The molecule has 0 bridgehead atoms. The van der Waals surface area contributed by atoms with E-state index >= 15 is 0 Å². The normalized spacial score (nSPS) is 16.1. The summed E-state index contributed by atoms with van der Waals surface area (Å²) in [6.07, 6.45) is 0. The minimum atomic E-state index is -0.226. The average Bonchev–Trinajstić information content (AvgIpc) is 3.41. The zero-order valence-corrected chi connectivity index (χ0v) is 15.7. The van der Waals surface area contributed by atoms with Gasteiger partial charge in [0.2, 0.25) is 0 Å². The lowest BCUT2D eigenvalue weighted by molar-refractivity contribution is 0.0162. The number of aromatic nitrogens is 1. The molecule has 3 aromatic rings. The van der Waals surface area contributed by atoms with Gasteiger partial charge in [0.25, 0.3) is 5.91 Å². The number of morpholine rings is 1. The van der Waals surface area contributed by atoms with Crippen molar-refractivity contribution in [3.8, 4) is 10.6 Å². The molecule has 1 unspecified atom stereocenters. The molecule has 7 heteroatoms. The lowest BCUT2D eigenvalue weighted by Gasteiger charge is -2.34. The van der Waals surface area contributed by atoms with Crippen LogP contribution >= 0.6 is 11.3 Å². The van der Waals surface area contributed by atoms with Gasteiger partial charge in [-0.25, -0.2) is 0 Å². The van der Waals surface area contributed by atoms with Gasteiger partial charge in [-0.2, -0.15) is 0 Å². The van der Waals surface area contributed by atoms with Gasteiger partial charge in [0, 0.05) is 25.7 Å². The van der Waals surface area contributed by atoms with Crippen molar-refractivity contribution in [2.45, 2.75) is 6.04 Å². The molecule has 1 atom stereocenters. The van der Waals surface area contributed by atoms with Gasteiger partial charge in [-0.05, 0) is 17.0 Å². The lowest BCUT2D eigenvalue weighted by Crippen LogP contribution is -2.43. The third-order valence-electron chi connectivity index (χ3n) is 4.63. The molecular weight excluding hydrogens is 362 g/mol. The number of nitrogens with zero attached hydrogens (tertiary/aromatic N) is 2. The fourth-order valence-corrected chi connectivity index (χ4v) is 3.89. The Morgan fingerprint density at radius 3 is 2.74 bits per heavy atom. The summed E-state index contributed by atoms with van der Waals surface area (Å²) in [5, 5.41) is 8.90. The molecule has 1 aliphatic rings. The van der Waals surface area contributed by atoms with Crippen molar-refractivity contribution < 1.29 is 14.1 Å². The molecule has 0 radical (unpaired) electrons. The fraction of sp³-hybridized carbons (Fsp3) is 0.300. The maximum absolute atomic E-state index is 12.6. The molecule has 1 fully saturated rings. The quantitative estimate of drug-likeness (QED) is 0.708. The topological polar surface area (TPSA) is 67.6 Å². The van der Waals surface area contributed by atoms with Crippen molar-refractivity contribution >= 4 is 17.2 Å². The minimum absolute atomic E-state index is 0.0997. The highest BCUT2D eigenvalue weighted by molar-refractivity contribution is 7.13. The lowest BCUT2D eigenvalue weighted by atomic mass is 10.0. The molecule has 0 aliphatic carbocycles. The first-order valence-electron chi connectivity index (χ1n) is 8.97. The first kappa shape index (κ1) is 17.9. The Labute approximate surface area is 161 Å². The van der Waals surface area contributed by atoms with Crippen LogP contribution in [-0.4, -0.2) is 48.8 Å². The van der Waals surface area contributed by atoms with Crippen LogP contribution in [0.2, 0.25) is 0 Å². The van der Waals surface area contributed by atoms with E-state index in [0.717, 1.165) is 18.0 Å². The van der Waals surface area contributed by atoms with Crippen LogP contribution in [0.25, 0.3) is 10.6 Å². The highest BCUT2D eigenvalue weighted by atomic mass is 32.1. The highest BCUT2D eigenvalue weighted by Gasteiger charge is 2.24. The standard InChI is InChI=1S/C20H21N3O3S/c24-20(16-13-18(26-22-16)19-7-4-12-27-19)21-14-17(15-5-2-1-3-6-15)23-8-10-25-11-9-23/h1-7,12-13,17H,8-11,14H2,(H,21,24). The summed E-state index contributed by atoms with van der Waals surface area (Å²) in [5.74, 6) is 0.388. The van der Waals surface area contributed by atoms with Crippen LogP contribution in [0.15, 0.2) is 58.4 Å². The largest absolute Gasteiger partial charge is 0.379 e. The second kappa shape index (κ2) is 8.47. The van der Waals surface area contributed by atoms with Crippen LogP contribution in [0, 0.1) is 0 Å². The molecule has 4 rings (SSSR count). The Morgan fingerprint density at radius 2 is 2.00 bits per heavy atom. The number of nitrogens with one attached hydrogen (secondary N) is 1. The summed E-state index contributed by atoms with van der Waals surface area (Å²) in [6, 6.07) is 15.9. The van der Waals surface area contributed by atoms with Gasteiger partial charge in [0.05, 0.1) is 24.1 Å². The Bertz CT molecular complexity index is 858. The number of carbonyl (C=O) groups is 1. The van der Waals surface area contributed by atoms with Crippen LogP contribution in [0.3, 0.4) is 0 Å². The van der Waals surface area contributed by atoms with Crippen LogP contribution in [0.1, 0.15) is 22.1 Å². The van der Waals surface area contributed by atoms with Crippen molar-refractivity contribution in [3.63, 3.8) is 0 Å². The Morgan fingerprint density at radius 1 is 1.19 bits per heavy atom. The van der Waals surface area contributed by atoms with Gasteiger partial charge in [0.15, 0.2) is 11.5 Å². The molecule has 1 amide bonds. The fourth-order valence-electron chi connectivity index (χ4n) is 3.22. The van der Waals surface area contributed by atoms with E-state index in [-0.39, 0.29) is 11.9 Å². The molecular formula is C20H21N3O3S. The Balaban J connectivity index is 1.45. The smallest absolute Gasteiger partial charge is 0.273 e. The number of hydrogen-bond acceptors (Lipinski definition) is 6. The molecule has 1 N–H and O–H groups in total. The number of benzene rings is 1. The van der Waals surface area contributed by atoms with Gasteiger partial charge in [-0.3, -0.25) is 9.69 Å². The molecule has 0 spiro atoms. The maximum Gasteiger partial charge on any atom is 0.273 e. The van der Waals surface area contributed by atoms with Crippen molar-refractivity contribution in [1.29, 1.82) is 0 Å². The predicted octanol–water partition coefficient (Wildman–Crippen LogP) is 3.21. The van der Waals surface area contributed by atoms with Crippen molar-refractivity contribution in [2.75, 3.05) is 32.8 Å². The molecule has 140 valence electrons. The van der Waals surface area contributed by atoms with E-state index in [0.29, 0.717) is 31.2 Å². The summed E-state index contributed by atoms with van der Waals surface area (Å²) < 4.78 is 10.8. The Hall–Kier alpha value is -2.48. The van der Waals surface area contributed by atoms with E-state index in [1.54, 1.807) is 17.4 Å². The minimum Gasteiger partial charge on any atom is -0.379 e. The predicted molar refractivity (Wildman–Crippen MR) is 104 cm³/mol. The molecule has 6 nitrogen and oxygen atoms in total. The van der Waals surface area contributed by atoms with E-state index in [4.69, 9.17) is 9.26 Å². The van der Waals surface area contributed by atoms with Gasteiger partial charge in [-0.1, -0.05) is 41.6 Å². The van der Waals surface area contributed by atoms with Crippen LogP contribution in [-0.2, 0) is 4.74 Å².